The van der Waals surface area contributed by atoms with Crippen LogP contribution in [-0.2, 0) is 32.0 Å². The quantitative estimate of drug-likeness (QED) is 0.194. The highest BCUT2D eigenvalue weighted by Crippen LogP contribution is 2.13. The molecule has 3 amide bonds. The first-order valence-electron chi connectivity index (χ1n) is 12.0. The van der Waals surface area contributed by atoms with Gasteiger partial charge in [0.05, 0.1) is 12.4 Å². The van der Waals surface area contributed by atoms with Crippen molar-refractivity contribution in [2.24, 2.45) is 17.6 Å². The maximum absolute atomic E-state index is 13.2. The van der Waals surface area contributed by atoms with Crippen LogP contribution in [0.15, 0.2) is 36.8 Å². The highest BCUT2D eigenvalue weighted by molar-refractivity contribution is 5.94. The zero-order valence-electron chi connectivity index (χ0n) is 21.4. The van der Waals surface area contributed by atoms with Gasteiger partial charge in [0, 0.05) is 24.7 Å². The number of aliphatic carboxylic acids is 1. The fraction of sp³-hybridized carbons (Fsp3) is 0.480. The lowest BCUT2D eigenvalue weighted by Crippen LogP contribution is -2.59. The van der Waals surface area contributed by atoms with Gasteiger partial charge in [-0.3, -0.25) is 14.4 Å². The molecule has 0 aliphatic rings. The van der Waals surface area contributed by atoms with Crippen LogP contribution in [0, 0.1) is 11.8 Å². The summed E-state index contributed by atoms with van der Waals surface area (Å²) < 4.78 is 0. The van der Waals surface area contributed by atoms with Crippen molar-refractivity contribution in [1.82, 2.24) is 25.9 Å². The van der Waals surface area contributed by atoms with Crippen molar-refractivity contribution in [3.63, 3.8) is 0 Å². The number of carboxylic acids is 1. The first-order chi connectivity index (χ1) is 17.4. The van der Waals surface area contributed by atoms with E-state index in [2.05, 4.69) is 25.9 Å². The van der Waals surface area contributed by atoms with Crippen LogP contribution in [0.3, 0.4) is 0 Å². The molecule has 4 unspecified atom stereocenters. The minimum Gasteiger partial charge on any atom is -0.508 e. The number of nitrogens with one attached hydrogen (secondary N) is 4. The van der Waals surface area contributed by atoms with Crippen molar-refractivity contribution >= 4 is 23.7 Å². The molecule has 0 radical (unpaired) electrons. The number of carboxylic acid groups (broad SMARTS) is 1. The molecule has 12 heteroatoms. The smallest absolute Gasteiger partial charge is 0.326 e. The number of benzene rings is 1. The van der Waals surface area contributed by atoms with Crippen LogP contribution in [0.4, 0.5) is 0 Å². The van der Waals surface area contributed by atoms with Gasteiger partial charge in [-0.15, -0.1) is 0 Å². The number of amides is 3. The van der Waals surface area contributed by atoms with E-state index in [-0.39, 0.29) is 30.4 Å². The van der Waals surface area contributed by atoms with Gasteiger partial charge >= 0.3 is 5.97 Å². The number of carbonyl (C=O) groups is 4. The van der Waals surface area contributed by atoms with Crippen molar-refractivity contribution in [2.75, 3.05) is 0 Å². The molecular weight excluding hydrogens is 480 g/mol. The number of phenols is 1. The molecule has 37 heavy (non-hydrogen) atoms. The van der Waals surface area contributed by atoms with Gasteiger partial charge in [-0.05, 0) is 29.5 Å². The fourth-order valence-electron chi connectivity index (χ4n) is 3.51. The Labute approximate surface area is 215 Å². The van der Waals surface area contributed by atoms with E-state index in [4.69, 9.17) is 5.73 Å². The Kier molecular flexibility index (Phi) is 10.6. The van der Waals surface area contributed by atoms with E-state index in [1.54, 1.807) is 39.8 Å². The minimum absolute atomic E-state index is 0.0124. The lowest BCUT2D eigenvalue weighted by molar-refractivity contribution is -0.142. The van der Waals surface area contributed by atoms with Crippen molar-refractivity contribution in [3.05, 3.63) is 48.0 Å². The number of aromatic amines is 1. The zero-order valence-corrected chi connectivity index (χ0v) is 21.4. The standard InChI is InChI=1S/C25H36N6O6/c1-13(2)20(26)23(34)31-21(14(3)4)24(35)29-18(9-15-5-7-17(32)8-6-15)22(33)30-19(25(36)37)10-16-11-27-12-28-16/h5-8,11-14,18-21,32H,9-10,26H2,1-4H3,(H,27,28)(H,29,35)(H,30,33)(H,31,34)(H,36,37). The van der Waals surface area contributed by atoms with E-state index in [1.165, 1.54) is 24.7 Å². The topological polar surface area (TPSA) is 200 Å². The van der Waals surface area contributed by atoms with Crippen LogP contribution in [0.2, 0.25) is 0 Å². The third-order valence-electron chi connectivity index (χ3n) is 5.87. The Morgan fingerprint density at radius 3 is 2.03 bits per heavy atom. The average Bonchev–Trinajstić information content (AvgIpc) is 3.35. The number of nitrogens with zero attached hydrogens (tertiary/aromatic N) is 1. The number of aromatic hydroxyl groups is 1. The zero-order chi connectivity index (χ0) is 27.7. The summed E-state index contributed by atoms with van der Waals surface area (Å²) in [7, 11) is 0. The molecule has 1 heterocycles. The molecule has 0 aliphatic carbocycles. The number of nitrogens with two attached hydrogens (primary N) is 1. The van der Waals surface area contributed by atoms with Gasteiger partial charge in [0.2, 0.25) is 17.7 Å². The first kappa shape index (κ1) is 29.3. The summed E-state index contributed by atoms with van der Waals surface area (Å²) in [5.74, 6) is -3.52. The minimum atomic E-state index is -1.28. The Bertz CT molecular complexity index is 1050. The summed E-state index contributed by atoms with van der Waals surface area (Å²) in [6, 6.07) is 1.81. The van der Waals surface area contributed by atoms with E-state index < -0.39 is 47.9 Å². The number of aromatic nitrogens is 2. The van der Waals surface area contributed by atoms with E-state index in [0.29, 0.717) is 11.3 Å². The molecule has 2 rings (SSSR count). The largest absolute Gasteiger partial charge is 0.508 e. The second kappa shape index (κ2) is 13.4. The van der Waals surface area contributed by atoms with Crippen molar-refractivity contribution < 1.29 is 29.4 Å². The molecule has 2 aromatic rings. The van der Waals surface area contributed by atoms with Gasteiger partial charge in [-0.2, -0.15) is 0 Å². The Morgan fingerprint density at radius 1 is 0.892 bits per heavy atom. The second-order valence-corrected chi connectivity index (χ2v) is 9.61. The molecule has 12 nitrogen and oxygen atoms in total. The molecule has 0 saturated carbocycles. The molecule has 1 aromatic carbocycles. The van der Waals surface area contributed by atoms with Gasteiger partial charge in [0.15, 0.2) is 0 Å². The summed E-state index contributed by atoms with van der Waals surface area (Å²) >= 11 is 0. The molecule has 0 bridgehead atoms. The van der Waals surface area contributed by atoms with Crippen molar-refractivity contribution in [2.45, 2.75) is 64.7 Å². The predicted molar refractivity (Wildman–Crippen MR) is 135 cm³/mol. The summed E-state index contributed by atoms with van der Waals surface area (Å²) in [6.45, 7) is 7.06. The SMILES string of the molecule is CC(C)C(N)C(=O)NC(C(=O)NC(Cc1ccc(O)cc1)C(=O)NC(Cc1cnc[nH]1)C(=O)O)C(C)C. The highest BCUT2D eigenvalue weighted by atomic mass is 16.4. The maximum Gasteiger partial charge on any atom is 0.326 e. The summed E-state index contributed by atoms with van der Waals surface area (Å²) in [6.07, 6.45) is 2.82. The molecule has 0 aliphatic heterocycles. The van der Waals surface area contributed by atoms with E-state index in [0.717, 1.165) is 0 Å². The van der Waals surface area contributed by atoms with Gasteiger partial charge < -0.3 is 36.9 Å². The van der Waals surface area contributed by atoms with Crippen molar-refractivity contribution in [1.29, 1.82) is 0 Å². The van der Waals surface area contributed by atoms with Gasteiger partial charge in [-0.1, -0.05) is 39.8 Å². The molecule has 0 fully saturated rings. The maximum atomic E-state index is 13.2. The lowest BCUT2D eigenvalue weighted by Gasteiger charge is -2.27. The van der Waals surface area contributed by atoms with Crippen LogP contribution in [0.5, 0.6) is 5.75 Å². The second-order valence-electron chi connectivity index (χ2n) is 9.61. The van der Waals surface area contributed by atoms with Gasteiger partial charge in [0.25, 0.3) is 0 Å². The average molecular weight is 517 g/mol. The molecule has 202 valence electrons. The Morgan fingerprint density at radius 2 is 1.51 bits per heavy atom. The summed E-state index contributed by atoms with van der Waals surface area (Å²) in [5, 5.41) is 27.0. The molecular formula is C25H36N6O6. The third-order valence-corrected chi connectivity index (χ3v) is 5.87. The van der Waals surface area contributed by atoms with Crippen LogP contribution < -0.4 is 21.7 Å². The first-order valence-corrected chi connectivity index (χ1v) is 12.0. The number of hydrogen-bond donors (Lipinski definition) is 7. The fourth-order valence-corrected chi connectivity index (χ4v) is 3.51. The van der Waals surface area contributed by atoms with Gasteiger partial charge in [0.1, 0.15) is 23.9 Å². The van der Waals surface area contributed by atoms with Gasteiger partial charge in [-0.25, -0.2) is 9.78 Å². The normalized spacial score (nSPS) is 14.5. The third kappa shape index (κ3) is 8.90. The van der Waals surface area contributed by atoms with Crippen LogP contribution >= 0.6 is 0 Å². The molecule has 0 spiro atoms. The highest BCUT2D eigenvalue weighted by Gasteiger charge is 2.32. The Hall–Kier alpha value is -3.93. The molecule has 8 N–H and O–H groups in total. The van der Waals surface area contributed by atoms with Crippen LogP contribution in [0.25, 0.3) is 0 Å². The number of phenolic OH excluding ortho intramolecular Hbond substituents is 1. The summed E-state index contributed by atoms with van der Waals surface area (Å²) in [4.78, 5) is 57.5. The predicted octanol–water partition coefficient (Wildman–Crippen LogP) is 0.0788. The van der Waals surface area contributed by atoms with Crippen molar-refractivity contribution in [3.8, 4) is 5.75 Å². The number of rotatable bonds is 13. The summed E-state index contributed by atoms with van der Waals surface area (Å²) in [5.41, 5.74) is 7.05. The molecule has 4 atom stereocenters. The molecule has 0 saturated heterocycles. The monoisotopic (exact) mass is 516 g/mol. The number of imidazole rings is 1. The lowest BCUT2D eigenvalue weighted by atomic mass is 9.99. The van der Waals surface area contributed by atoms with E-state index >= 15 is 0 Å². The molecule has 1 aromatic heterocycles. The van der Waals surface area contributed by atoms with E-state index in [1.807, 2.05) is 0 Å². The number of H-pyrrole nitrogens is 1. The Balaban J connectivity index is 2.25. The number of hydrogen-bond acceptors (Lipinski definition) is 7. The number of carbonyl (C=O) groups excluding carboxylic acids is 3. The van der Waals surface area contributed by atoms with Crippen LogP contribution in [-0.4, -0.2) is 68.0 Å². The van der Waals surface area contributed by atoms with E-state index in [9.17, 15) is 29.4 Å². The van der Waals surface area contributed by atoms with Crippen LogP contribution in [0.1, 0.15) is 39.0 Å².